The largest absolute Gasteiger partial charge is 0.479 e. The molecule has 3 atom stereocenters. The number of hydrogen-bond donors (Lipinski definition) is 2. The van der Waals surface area contributed by atoms with Gasteiger partial charge in [0.2, 0.25) is 0 Å². The molecule has 1 aliphatic rings. The summed E-state index contributed by atoms with van der Waals surface area (Å²) in [7, 11) is 0. The fourth-order valence-electron chi connectivity index (χ4n) is 4.19. The van der Waals surface area contributed by atoms with Crippen LogP contribution in [0.4, 0.5) is 8.78 Å². The summed E-state index contributed by atoms with van der Waals surface area (Å²) in [6.45, 7) is 2.41. The van der Waals surface area contributed by atoms with E-state index in [9.17, 15) is 13.9 Å². The summed E-state index contributed by atoms with van der Waals surface area (Å²) in [6, 6.07) is 4.00. The quantitative estimate of drug-likeness (QED) is 0.397. The Morgan fingerprint density at radius 2 is 2.17 bits per heavy atom. The Morgan fingerprint density at radius 3 is 2.89 bits per heavy atom. The summed E-state index contributed by atoms with van der Waals surface area (Å²) < 4.78 is 37.1. The van der Waals surface area contributed by atoms with Crippen molar-refractivity contribution in [3.8, 4) is 17.0 Å². The number of nitrogens with zero attached hydrogens (tertiary/aromatic N) is 6. The van der Waals surface area contributed by atoms with Crippen LogP contribution in [0.15, 0.2) is 36.8 Å². The number of piperidine rings is 1. The molecule has 9 nitrogen and oxygen atoms in total. The third-order valence-electron chi connectivity index (χ3n) is 5.94. The van der Waals surface area contributed by atoms with Gasteiger partial charge in [0.15, 0.2) is 6.10 Å². The maximum absolute atomic E-state index is 14.5. The molecule has 0 bridgehead atoms. The maximum Gasteiger partial charge on any atom is 0.163 e. The molecule has 1 fully saturated rings. The predicted octanol–water partition coefficient (Wildman–Crippen LogP) is 3.50. The lowest BCUT2D eigenvalue weighted by atomic mass is 10.0. The topological polar surface area (TPSA) is 102 Å². The number of rotatable bonds is 6. The van der Waals surface area contributed by atoms with Gasteiger partial charge in [-0.1, -0.05) is 16.8 Å². The van der Waals surface area contributed by atoms with E-state index < -0.39 is 30.7 Å². The van der Waals surface area contributed by atoms with Crippen LogP contribution in [-0.2, 0) is 0 Å². The van der Waals surface area contributed by atoms with Gasteiger partial charge in [0.1, 0.15) is 28.9 Å². The van der Waals surface area contributed by atoms with E-state index in [1.165, 1.54) is 18.3 Å². The second-order valence-corrected chi connectivity index (χ2v) is 8.52. The van der Waals surface area contributed by atoms with Gasteiger partial charge in [-0.3, -0.25) is 4.98 Å². The van der Waals surface area contributed by atoms with E-state index in [0.29, 0.717) is 51.9 Å². The molecule has 0 saturated carbocycles. The number of nitrogens with one attached hydrogen (secondary N) is 1. The Bertz CT molecular complexity index is 1320. The van der Waals surface area contributed by atoms with Crippen molar-refractivity contribution in [3.05, 3.63) is 59.0 Å². The van der Waals surface area contributed by atoms with Gasteiger partial charge >= 0.3 is 0 Å². The molecule has 5 rings (SSSR count). The lowest BCUT2D eigenvalue weighted by Crippen LogP contribution is -2.39. The summed E-state index contributed by atoms with van der Waals surface area (Å²) in [6.07, 6.45) is 2.93. The lowest BCUT2D eigenvalue weighted by molar-refractivity contribution is 0.114. The van der Waals surface area contributed by atoms with Crippen LogP contribution < -0.4 is 10.1 Å². The molecule has 0 amide bonds. The van der Waals surface area contributed by atoms with Crippen molar-refractivity contribution in [1.29, 1.82) is 0 Å². The molecule has 0 aliphatic carbocycles. The molecular formula is C22H23Cl2F2N7O2. The zero-order chi connectivity index (χ0) is 23.8. The van der Waals surface area contributed by atoms with Crippen molar-refractivity contribution in [1.82, 2.24) is 34.9 Å². The van der Waals surface area contributed by atoms with Gasteiger partial charge in [0, 0.05) is 18.3 Å². The molecule has 4 aromatic heterocycles. The Balaban J connectivity index is 0.00000289. The first kappa shape index (κ1) is 25.2. The molecule has 13 heteroatoms. The number of alkyl halides is 1. The first-order chi connectivity index (χ1) is 16.5. The van der Waals surface area contributed by atoms with Gasteiger partial charge in [0.25, 0.3) is 0 Å². The fraction of sp³-hybridized carbons (Fsp3) is 0.364. The molecule has 5 heterocycles. The zero-order valence-electron chi connectivity index (χ0n) is 18.6. The summed E-state index contributed by atoms with van der Waals surface area (Å²) in [5.41, 5.74) is 2.71. The normalized spacial score (nSPS) is 18.9. The van der Waals surface area contributed by atoms with Crippen LogP contribution >= 0.6 is 24.0 Å². The van der Waals surface area contributed by atoms with Crippen molar-refractivity contribution in [3.63, 3.8) is 0 Å². The molecular weight excluding hydrogens is 503 g/mol. The Hall–Kier alpha value is -2.86. The Kier molecular flexibility index (Phi) is 7.50. The molecule has 0 aromatic carbocycles. The minimum atomic E-state index is -1.07. The molecule has 1 saturated heterocycles. The number of ether oxygens (including phenoxy) is 1. The number of hydrogen-bond acceptors (Lipinski definition) is 7. The first-order valence-electron chi connectivity index (χ1n) is 10.8. The standard InChI is InChI=1S/C22H22ClF2N7O2.ClH/c1-12-21(29-30-32(12)18-4-5-26-9-16(18)25)13-6-19(22-15(23)8-28-31(22)10-13)34-20(11-33)17-3-2-14(24)7-27-17;/h2-3,6-8,10,16,18,20,26,33H,4-5,9,11H2,1H3;1H/t16-,18+,20?;/m1./s1. The number of halogens is 4. The van der Waals surface area contributed by atoms with Crippen LogP contribution in [0.5, 0.6) is 5.75 Å². The van der Waals surface area contributed by atoms with Crippen molar-refractivity contribution in [2.45, 2.75) is 31.7 Å². The fourth-order valence-corrected chi connectivity index (χ4v) is 4.42. The van der Waals surface area contributed by atoms with Crippen LogP contribution in [0.25, 0.3) is 16.8 Å². The second-order valence-electron chi connectivity index (χ2n) is 8.11. The van der Waals surface area contributed by atoms with Crippen molar-refractivity contribution in [2.24, 2.45) is 0 Å². The van der Waals surface area contributed by atoms with Crippen molar-refractivity contribution >= 4 is 29.5 Å². The Morgan fingerprint density at radius 1 is 1.34 bits per heavy atom. The highest BCUT2D eigenvalue weighted by Gasteiger charge is 2.29. The molecule has 2 N–H and O–H groups in total. The van der Waals surface area contributed by atoms with E-state index in [4.69, 9.17) is 16.3 Å². The average molecular weight is 526 g/mol. The van der Waals surface area contributed by atoms with Crippen LogP contribution in [0, 0.1) is 12.7 Å². The number of aliphatic hydroxyl groups is 1. The summed E-state index contributed by atoms with van der Waals surface area (Å²) in [4.78, 5) is 4.01. The van der Waals surface area contributed by atoms with E-state index >= 15 is 0 Å². The minimum absolute atomic E-state index is 0. The van der Waals surface area contributed by atoms with Gasteiger partial charge in [-0.15, -0.1) is 17.5 Å². The molecule has 4 aromatic rings. The molecule has 186 valence electrons. The van der Waals surface area contributed by atoms with Gasteiger partial charge in [-0.25, -0.2) is 18.0 Å². The number of fused-ring (bicyclic) bond motifs is 1. The third-order valence-corrected chi connectivity index (χ3v) is 6.21. The van der Waals surface area contributed by atoms with Crippen molar-refractivity contribution in [2.75, 3.05) is 19.7 Å². The minimum Gasteiger partial charge on any atom is -0.479 e. The van der Waals surface area contributed by atoms with Crippen molar-refractivity contribution < 1.29 is 18.6 Å². The number of aromatic nitrogens is 6. The SMILES string of the molecule is Cc1c(-c2cc(OC(CO)c3ccc(F)cn3)c3c(Cl)cnn3c2)nnn1[C@H]1CCNC[C@H]1F.Cl. The third kappa shape index (κ3) is 4.81. The van der Waals surface area contributed by atoms with E-state index in [0.717, 1.165) is 6.20 Å². The van der Waals surface area contributed by atoms with E-state index in [2.05, 4.69) is 25.7 Å². The molecule has 0 spiro atoms. The smallest absolute Gasteiger partial charge is 0.163 e. The van der Waals surface area contributed by atoms with Crippen LogP contribution in [0.1, 0.15) is 30.0 Å². The summed E-state index contributed by atoms with van der Waals surface area (Å²) in [5.74, 6) is -0.171. The predicted molar refractivity (Wildman–Crippen MR) is 127 cm³/mol. The lowest BCUT2D eigenvalue weighted by Gasteiger charge is -2.27. The Labute approximate surface area is 210 Å². The van der Waals surface area contributed by atoms with Crippen LogP contribution in [-0.4, -0.2) is 60.6 Å². The molecule has 1 unspecified atom stereocenters. The van der Waals surface area contributed by atoms with Gasteiger partial charge in [0.05, 0.1) is 41.5 Å². The highest BCUT2D eigenvalue weighted by atomic mass is 35.5. The van der Waals surface area contributed by atoms with Crippen LogP contribution in [0.2, 0.25) is 5.02 Å². The number of aliphatic hydroxyl groups excluding tert-OH is 1. The van der Waals surface area contributed by atoms with Gasteiger partial charge < -0.3 is 15.2 Å². The van der Waals surface area contributed by atoms with Gasteiger partial charge in [-0.05, 0) is 38.1 Å². The molecule has 35 heavy (non-hydrogen) atoms. The highest BCUT2D eigenvalue weighted by Crippen LogP contribution is 2.35. The second kappa shape index (κ2) is 10.4. The number of pyridine rings is 2. The molecule has 0 radical (unpaired) electrons. The highest BCUT2D eigenvalue weighted by molar-refractivity contribution is 6.34. The van der Waals surface area contributed by atoms with E-state index in [1.54, 1.807) is 21.5 Å². The maximum atomic E-state index is 14.5. The monoisotopic (exact) mass is 525 g/mol. The van der Waals surface area contributed by atoms with E-state index in [-0.39, 0.29) is 19.0 Å². The first-order valence-corrected chi connectivity index (χ1v) is 11.2. The van der Waals surface area contributed by atoms with Gasteiger partial charge in [-0.2, -0.15) is 5.10 Å². The van der Waals surface area contributed by atoms with Crippen LogP contribution in [0.3, 0.4) is 0 Å². The van der Waals surface area contributed by atoms with E-state index in [1.807, 2.05) is 6.92 Å². The summed E-state index contributed by atoms with van der Waals surface area (Å²) >= 11 is 6.35. The molecule has 1 aliphatic heterocycles. The average Bonchev–Trinajstić information content (AvgIpc) is 3.41. The summed E-state index contributed by atoms with van der Waals surface area (Å²) in [5, 5.41) is 26.1. The zero-order valence-corrected chi connectivity index (χ0v) is 20.2.